The molecule has 0 bridgehead atoms. The largest absolute Gasteiger partial charge is 0.350 e. The van der Waals surface area contributed by atoms with Gasteiger partial charge in [-0.05, 0) is 50.0 Å². The average Bonchev–Trinajstić information content (AvgIpc) is 3.25. The van der Waals surface area contributed by atoms with Crippen molar-refractivity contribution >= 4 is 27.3 Å². The van der Waals surface area contributed by atoms with Crippen LogP contribution in [0, 0.1) is 10.1 Å². The highest BCUT2D eigenvalue weighted by molar-refractivity contribution is 7.92. The third kappa shape index (κ3) is 6.04. The molecule has 1 fully saturated rings. The highest BCUT2D eigenvalue weighted by Gasteiger charge is 2.30. The molecule has 1 heterocycles. The molecule has 0 unspecified atom stereocenters. The third-order valence-electron chi connectivity index (χ3n) is 5.48. The molecule has 10 heteroatoms. The standard InChI is InChI=1S/C22H28N4O5S/c1-17(25(32(2,30)31)20-6-5-7-21(14-20)26(28)29)22(27)23-15-18-8-10-19(11-9-18)16-24-12-3-4-13-24/h5-11,14,17H,3-4,12-13,15-16H2,1-2H3,(H,23,27)/t17-/m1/s1. The number of hydrogen-bond donors (Lipinski definition) is 1. The predicted molar refractivity (Wildman–Crippen MR) is 123 cm³/mol. The second-order valence-corrected chi connectivity index (χ2v) is 9.89. The molecule has 0 spiro atoms. The average molecular weight is 461 g/mol. The van der Waals surface area contributed by atoms with Gasteiger partial charge in [-0.15, -0.1) is 0 Å². The first kappa shape index (κ1) is 23.7. The molecular formula is C22H28N4O5S. The number of benzene rings is 2. The number of likely N-dealkylation sites (tertiary alicyclic amines) is 1. The molecule has 0 saturated carbocycles. The fourth-order valence-electron chi connectivity index (χ4n) is 3.85. The molecule has 0 aliphatic carbocycles. The molecule has 172 valence electrons. The first-order valence-corrected chi connectivity index (χ1v) is 12.3. The van der Waals surface area contributed by atoms with Gasteiger partial charge in [-0.2, -0.15) is 0 Å². The molecule has 1 amide bonds. The smallest absolute Gasteiger partial charge is 0.271 e. The summed E-state index contributed by atoms with van der Waals surface area (Å²) in [4.78, 5) is 25.6. The molecule has 1 saturated heterocycles. The lowest BCUT2D eigenvalue weighted by molar-refractivity contribution is -0.384. The molecule has 0 aromatic heterocycles. The molecule has 2 aromatic rings. The minimum Gasteiger partial charge on any atom is -0.350 e. The number of nitro groups is 1. The van der Waals surface area contributed by atoms with Crippen LogP contribution in [0.2, 0.25) is 0 Å². The highest BCUT2D eigenvalue weighted by Crippen LogP contribution is 2.25. The number of anilines is 1. The molecule has 1 N–H and O–H groups in total. The van der Waals surface area contributed by atoms with Crippen LogP contribution in [0.15, 0.2) is 48.5 Å². The van der Waals surface area contributed by atoms with Gasteiger partial charge in [-0.3, -0.25) is 24.1 Å². The van der Waals surface area contributed by atoms with Crippen molar-refractivity contribution in [2.24, 2.45) is 0 Å². The van der Waals surface area contributed by atoms with E-state index < -0.39 is 26.9 Å². The van der Waals surface area contributed by atoms with Crippen molar-refractivity contribution < 1.29 is 18.1 Å². The van der Waals surface area contributed by atoms with E-state index in [0.29, 0.717) is 0 Å². The maximum Gasteiger partial charge on any atom is 0.271 e. The van der Waals surface area contributed by atoms with E-state index in [1.807, 2.05) is 24.3 Å². The molecular weight excluding hydrogens is 432 g/mol. The Hall–Kier alpha value is -2.98. The summed E-state index contributed by atoms with van der Waals surface area (Å²) in [6, 6.07) is 12.1. The lowest BCUT2D eigenvalue weighted by Gasteiger charge is -2.28. The van der Waals surface area contributed by atoms with Crippen molar-refractivity contribution in [3.63, 3.8) is 0 Å². The van der Waals surface area contributed by atoms with Crippen LogP contribution in [-0.2, 0) is 27.9 Å². The van der Waals surface area contributed by atoms with E-state index in [9.17, 15) is 23.3 Å². The quantitative estimate of drug-likeness (QED) is 0.455. The van der Waals surface area contributed by atoms with E-state index in [2.05, 4.69) is 10.2 Å². The number of nitro benzene ring substituents is 1. The summed E-state index contributed by atoms with van der Waals surface area (Å²) in [5.41, 5.74) is 1.93. The van der Waals surface area contributed by atoms with Gasteiger partial charge in [0.15, 0.2) is 0 Å². The van der Waals surface area contributed by atoms with Crippen molar-refractivity contribution in [2.45, 2.75) is 38.9 Å². The second-order valence-electron chi connectivity index (χ2n) is 8.03. The Bertz CT molecular complexity index is 1070. The molecule has 2 aromatic carbocycles. The number of carbonyl (C=O) groups is 1. The molecule has 1 aliphatic rings. The maximum absolute atomic E-state index is 12.7. The summed E-state index contributed by atoms with van der Waals surface area (Å²) in [7, 11) is -3.86. The number of nitrogens with zero attached hydrogens (tertiary/aromatic N) is 3. The van der Waals surface area contributed by atoms with Gasteiger partial charge >= 0.3 is 0 Å². The van der Waals surface area contributed by atoms with Crippen LogP contribution in [-0.4, -0.2) is 49.5 Å². The van der Waals surface area contributed by atoms with E-state index in [4.69, 9.17) is 0 Å². The monoisotopic (exact) mass is 460 g/mol. The number of nitrogens with one attached hydrogen (secondary N) is 1. The number of amides is 1. The predicted octanol–water partition coefficient (Wildman–Crippen LogP) is 2.66. The Kier molecular flexibility index (Phi) is 7.47. The van der Waals surface area contributed by atoms with Crippen LogP contribution >= 0.6 is 0 Å². The van der Waals surface area contributed by atoms with Gasteiger partial charge < -0.3 is 5.32 Å². The summed E-state index contributed by atoms with van der Waals surface area (Å²) < 4.78 is 25.7. The van der Waals surface area contributed by atoms with Crippen LogP contribution in [0.5, 0.6) is 0 Å². The summed E-state index contributed by atoms with van der Waals surface area (Å²) in [6.07, 6.45) is 3.45. The minimum absolute atomic E-state index is 0.0654. The first-order chi connectivity index (χ1) is 15.1. The molecule has 0 radical (unpaired) electrons. The molecule has 32 heavy (non-hydrogen) atoms. The van der Waals surface area contributed by atoms with Crippen molar-refractivity contribution in [2.75, 3.05) is 23.7 Å². The lowest BCUT2D eigenvalue weighted by Crippen LogP contribution is -2.47. The Morgan fingerprint density at radius 2 is 1.78 bits per heavy atom. The Morgan fingerprint density at radius 1 is 1.16 bits per heavy atom. The van der Waals surface area contributed by atoms with E-state index in [0.717, 1.165) is 41.8 Å². The van der Waals surface area contributed by atoms with Gasteiger partial charge in [0.2, 0.25) is 15.9 Å². The number of hydrogen-bond acceptors (Lipinski definition) is 6. The minimum atomic E-state index is -3.86. The third-order valence-corrected chi connectivity index (χ3v) is 6.72. The van der Waals surface area contributed by atoms with Gasteiger partial charge in [0.05, 0.1) is 16.9 Å². The summed E-state index contributed by atoms with van der Waals surface area (Å²) >= 11 is 0. The SMILES string of the molecule is C[C@H](C(=O)NCc1ccc(CN2CCCC2)cc1)N(c1cccc([N+](=O)[O-])c1)S(C)(=O)=O. The topological polar surface area (TPSA) is 113 Å². The second kappa shape index (κ2) is 10.1. The number of sulfonamides is 1. The van der Waals surface area contributed by atoms with Crippen LogP contribution in [0.4, 0.5) is 11.4 Å². The number of carbonyl (C=O) groups excluding carboxylic acids is 1. The molecule has 1 aliphatic heterocycles. The number of non-ortho nitro benzene ring substituents is 1. The van der Waals surface area contributed by atoms with Crippen molar-refractivity contribution in [3.8, 4) is 0 Å². The van der Waals surface area contributed by atoms with Crippen molar-refractivity contribution in [1.82, 2.24) is 10.2 Å². The van der Waals surface area contributed by atoms with E-state index >= 15 is 0 Å². The fourth-order valence-corrected chi connectivity index (χ4v) is 5.02. The Balaban J connectivity index is 1.66. The molecule has 1 atom stereocenters. The van der Waals surface area contributed by atoms with Crippen LogP contribution in [0.25, 0.3) is 0 Å². The Morgan fingerprint density at radius 3 is 2.38 bits per heavy atom. The summed E-state index contributed by atoms with van der Waals surface area (Å²) in [5.74, 6) is -0.497. The van der Waals surface area contributed by atoms with Crippen molar-refractivity contribution in [1.29, 1.82) is 0 Å². The van der Waals surface area contributed by atoms with Crippen molar-refractivity contribution in [3.05, 3.63) is 69.8 Å². The molecule has 3 rings (SSSR count). The van der Waals surface area contributed by atoms with Crippen LogP contribution in [0.3, 0.4) is 0 Å². The molecule has 9 nitrogen and oxygen atoms in total. The number of rotatable bonds is 9. The lowest BCUT2D eigenvalue weighted by atomic mass is 10.1. The van der Waals surface area contributed by atoms with Gasteiger partial charge in [0.25, 0.3) is 5.69 Å². The first-order valence-electron chi connectivity index (χ1n) is 10.5. The zero-order valence-corrected chi connectivity index (χ0v) is 19.0. The highest BCUT2D eigenvalue weighted by atomic mass is 32.2. The van der Waals surface area contributed by atoms with Gasteiger partial charge in [-0.1, -0.05) is 30.3 Å². The van der Waals surface area contributed by atoms with E-state index in [1.54, 1.807) is 0 Å². The zero-order chi connectivity index (χ0) is 23.3. The van der Waals surface area contributed by atoms with Crippen LogP contribution < -0.4 is 9.62 Å². The van der Waals surface area contributed by atoms with Crippen LogP contribution in [0.1, 0.15) is 30.9 Å². The zero-order valence-electron chi connectivity index (χ0n) is 18.2. The summed E-state index contributed by atoms with van der Waals surface area (Å²) in [6.45, 7) is 4.86. The Labute approximate surface area is 188 Å². The van der Waals surface area contributed by atoms with Gasteiger partial charge in [0.1, 0.15) is 6.04 Å². The van der Waals surface area contributed by atoms with E-state index in [1.165, 1.54) is 43.5 Å². The van der Waals surface area contributed by atoms with Gasteiger partial charge in [-0.25, -0.2) is 8.42 Å². The van der Waals surface area contributed by atoms with Gasteiger partial charge in [0, 0.05) is 25.2 Å². The van der Waals surface area contributed by atoms with E-state index in [-0.39, 0.29) is 17.9 Å². The maximum atomic E-state index is 12.7. The summed E-state index contributed by atoms with van der Waals surface area (Å²) in [5, 5.41) is 13.8. The normalized spacial score (nSPS) is 15.3. The fraction of sp³-hybridized carbons (Fsp3) is 0.409.